The number of benzene rings is 1. The number of anilines is 2. The zero-order valence-electron chi connectivity index (χ0n) is 12.7. The highest BCUT2D eigenvalue weighted by Crippen LogP contribution is 2.16. The van der Waals surface area contributed by atoms with E-state index in [1.807, 2.05) is 0 Å². The molecule has 23 heavy (non-hydrogen) atoms. The summed E-state index contributed by atoms with van der Waals surface area (Å²) in [6.45, 7) is 3.45. The Morgan fingerprint density at radius 2 is 1.87 bits per heavy atom. The van der Waals surface area contributed by atoms with Gasteiger partial charge in [-0.05, 0) is 25.1 Å². The molecule has 1 aromatic carbocycles. The van der Waals surface area contributed by atoms with Crippen LogP contribution in [0.3, 0.4) is 0 Å². The first-order valence-electron chi connectivity index (χ1n) is 6.94. The van der Waals surface area contributed by atoms with E-state index in [0.717, 1.165) is 12.3 Å². The van der Waals surface area contributed by atoms with Crippen LogP contribution in [0.5, 0.6) is 5.75 Å². The molecule has 2 amide bonds. The molecule has 0 saturated carbocycles. The second-order valence-corrected chi connectivity index (χ2v) is 4.62. The van der Waals surface area contributed by atoms with Gasteiger partial charge >= 0.3 is 0 Å². The average Bonchev–Trinajstić information content (AvgIpc) is 2.49. The van der Waals surface area contributed by atoms with E-state index in [0.29, 0.717) is 18.0 Å². The topological polar surface area (TPSA) is 97.6 Å². The lowest BCUT2D eigenvalue weighted by Gasteiger charge is -2.07. The number of nitrogens with one attached hydrogen (secondary N) is 2. The summed E-state index contributed by atoms with van der Waals surface area (Å²) in [5, 5.41) is 5.20. The van der Waals surface area contributed by atoms with Crippen molar-refractivity contribution < 1.29 is 18.7 Å². The van der Waals surface area contributed by atoms with Crippen LogP contribution in [-0.4, -0.2) is 18.4 Å². The maximum absolute atomic E-state index is 12.1. The minimum absolute atomic E-state index is 0.0525. The molecule has 7 heteroatoms. The lowest BCUT2D eigenvalue weighted by molar-refractivity contribution is -0.114. The van der Waals surface area contributed by atoms with Gasteiger partial charge in [0, 0.05) is 24.4 Å². The molecule has 0 unspecified atom stereocenters. The van der Waals surface area contributed by atoms with Crippen LogP contribution in [0.2, 0.25) is 0 Å². The summed E-state index contributed by atoms with van der Waals surface area (Å²) in [5.41, 5.74) is 0.566. The Kier molecular flexibility index (Phi) is 5.14. The van der Waals surface area contributed by atoms with Crippen LogP contribution in [0.25, 0.3) is 0 Å². The van der Waals surface area contributed by atoms with Crippen molar-refractivity contribution >= 4 is 23.2 Å². The fourth-order valence-electron chi connectivity index (χ4n) is 1.85. The summed E-state index contributed by atoms with van der Waals surface area (Å²) in [5.74, 6) is -0.879. The third kappa shape index (κ3) is 4.44. The molecule has 0 radical (unpaired) electrons. The molecule has 0 aliphatic rings. The van der Waals surface area contributed by atoms with Gasteiger partial charge in [0.15, 0.2) is 5.76 Å². The Morgan fingerprint density at radius 3 is 2.48 bits per heavy atom. The first-order valence-corrected chi connectivity index (χ1v) is 6.94. The van der Waals surface area contributed by atoms with E-state index >= 15 is 0 Å². The first-order chi connectivity index (χ1) is 11.0. The van der Waals surface area contributed by atoms with E-state index in [1.54, 1.807) is 31.2 Å². The molecule has 0 aliphatic carbocycles. The van der Waals surface area contributed by atoms with Gasteiger partial charge in [-0.3, -0.25) is 14.4 Å². The molecule has 1 heterocycles. The molecule has 7 nitrogen and oxygen atoms in total. The van der Waals surface area contributed by atoms with Crippen molar-refractivity contribution in [1.29, 1.82) is 0 Å². The van der Waals surface area contributed by atoms with Gasteiger partial charge in [0.05, 0.1) is 6.61 Å². The second kappa shape index (κ2) is 7.26. The smallest absolute Gasteiger partial charge is 0.291 e. The van der Waals surface area contributed by atoms with Crippen molar-refractivity contribution in [2.45, 2.75) is 13.8 Å². The Balaban J connectivity index is 2.14. The molecule has 2 aromatic rings. The molecule has 2 N–H and O–H groups in total. The molecule has 0 aliphatic heterocycles. The lowest BCUT2D eigenvalue weighted by Crippen LogP contribution is -2.16. The molecular formula is C16H16N2O5. The number of hydrogen-bond donors (Lipinski definition) is 2. The largest absolute Gasteiger partial charge is 0.487 e. The predicted octanol–water partition coefficient (Wildman–Crippen LogP) is 2.25. The van der Waals surface area contributed by atoms with Gasteiger partial charge in [0.1, 0.15) is 6.26 Å². The molecule has 0 saturated heterocycles. The Bertz CT molecular complexity index is 782. The normalized spacial score (nSPS) is 10.0. The summed E-state index contributed by atoms with van der Waals surface area (Å²) < 4.78 is 10.2. The van der Waals surface area contributed by atoms with Crippen molar-refractivity contribution in [2.75, 3.05) is 17.2 Å². The third-order valence-electron chi connectivity index (χ3n) is 2.76. The van der Waals surface area contributed by atoms with Crippen LogP contribution in [-0.2, 0) is 4.79 Å². The maximum atomic E-state index is 12.1. The average molecular weight is 316 g/mol. The van der Waals surface area contributed by atoms with Crippen LogP contribution in [0.15, 0.2) is 45.8 Å². The van der Waals surface area contributed by atoms with Gasteiger partial charge in [-0.25, -0.2) is 0 Å². The van der Waals surface area contributed by atoms with Crippen LogP contribution in [0, 0.1) is 0 Å². The lowest BCUT2D eigenvalue weighted by atomic mass is 10.2. The van der Waals surface area contributed by atoms with Crippen molar-refractivity contribution in [3.63, 3.8) is 0 Å². The number of ether oxygens (including phenoxy) is 1. The van der Waals surface area contributed by atoms with E-state index < -0.39 is 11.3 Å². The molecule has 0 spiro atoms. The van der Waals surface area contributed by atoms with Crippen molar-refractivity contribution in [3.05, 3.63) is 52.6 Å². The van der Waals surface area contributed by atoms with E-state index in [2.05, 4.69) is 10.6 Å². The summed E-state index contributed by atoms with van der Waals surface area (Å²) in [6.07, 6.45) is 1.11. The van der Waals surface area contributed by atoms with Crippen molar-refractivity contribution in [2.24, 2.45) is 0 Å². The van der Waals surface area contributed by atoms with Gasteiger partial charge in [0.2, 0.25) is 17.1 Å². The van der Waals surface area contributed by atoms with Crippen molar-refractivity contribution in [1.82, 2.24) is 0 Å². The Labute approximate surface area is 132 Å². The fourth-order valence-corrected chi connectivity index (χ4v) is 1.85. The third-order valence-corrected chi connectivity index (χ3v) is 2.76. The molecule has 120 valence electrons. The molecule has 0 atom stereocenters. The SMILES string of the molecule is CCOc1coc(C(=O)Nc2cccc(NC(C)=O)c2)cc1=O. The fraction of sp³-hybridized carbons (Fsp3) is 0.188. The Hall–Kier alpha value is -3.09. The zero-order chi connectivity index (χ0) is 16.8. The van der Waals surface area contributed by atoms with E-state index in [1.165, 1.54) is 6.92 Å². The first kappa shape index (κ1) is 16.3. The van der Waals surface area contributed by atoms with Gasteiger partial charge < -0.3 is 19.8 Å². The summed E-state index contributed by atoms with van der Waals surface area (Å²) >= 11 is 0. The highest BCUT2D eigenvalue weighted by molar-refractivity contribution is 6.02. The van der Waals surface area contributed by atoms with E-state index in [-0.39, 0.29) is 17.4 Å². The second-order valence-electron chi connectivity index (χ2n) is 4.62. The monoisotopic (exact) mass is 316 g/mol. The van der Waals surface area contributed by atoms with Crippen LogP contribution < -0.4 is 20.8 Å². The van der Waals surface area contributed by atoms with Crippen molar-refractivity contribution in [3.8, 4) is 5.75 Å². The molecule has 0 fully saturated rings. The molecule has 1 aromatic heterocycles. The summed E-state index contributed by atoms with van der Waals surface area (Å²) in [6, 6.07) is 7.67. The quantitative estimate of drug-likeness (QED) is 0.881. The minimum Gasteiger partial charge on any atom is -0.487 e. The van der Waals surface area contributed by atoms with Crippen LogP contribution in [0.1, 0.15) is 24.4 Å². The number of hydrogen-bond acceptors (Lipinski definition) is 5. The number of rotatable bonds is 5. The van der Waals surface area contributed by atoms with Gasteiger partial charge in [-0.15, -0.1) is 0 Å². The van der Waals surface area contributed by atoms with Gasteiger partial charge in [-0.1, -0.05) is 6.07 Å². The molecular weight excluding hydrogens is 300 g/mol. The maximum Gasteiger partial charge on any atom is 0.291 e. The standard InChI is InChI=1S/C16H16N2O5/c1-3-22-15-9-23-14(8-13(15)20)16(21)18-12-6-4-5-11(7-12)17-10(2)19/h4-9H,3H2,1-2H3,(H,17,19)(H,18,21). The number of amides is 2. The number of carbonyl (C=O) groups excluding carboxylic acids is 2. The molecule has 2 rings (SSSR count). The zero-order valence-corrected chi connectivity index (χ0v) is 12.7. The predicted molar refractivity (Wildman–Crippen MR) is 84.8 cm³/mol. The van der Waals surface area contributed by atoms with Crippen LogP contribution >= 0.6 is 0 Å². The highest BCUT2D eigenvalue weighted by Gasteiger charge is 2.12. The molecule has 0 bridgehead atoms. The van der Waals surface area contributed by atoms with E-state index in [9.17, 15) is 14.4 Å². The summed E-state index contributed by atoms with van der Waals surface area (Å²) in [4.78, 5) is 34.9. The van der Waals surface area contributed by atoms with Gasteiger partial charge in [0.25, 0.3) is 5.91 Å². The highest BCUT2D eigenvalue weighted by atomic mass is 16.5. The number of carbonyl (C=O) groups is 2. The van der Waals surface area contributed by atoms with Gasteiger partial charge in [-0.2, -0.15) is 0 Å². The minimum atomic E-state index is -0.579. The summed E-state index contributed by atoms with van der Waals surface area (Å²) in [7, 11) is 0. The Morgan fingerprint density at radius 1 is 1.17 bits per heavy atom. The van der Waals surface area contributed by atoms with E-state index in [4.69, 9.17) is 9.15 Å². The van der Waals surface area contributed by atoms with Crippen LogP contribution in [0.4, 0.5) is 11.4 Å².